The fourth-order valence-corrected chi connectivity index (χ4v) is 6.04. The van der Waals surface area contributed by atoms with E-state index in [0.29, 0.717) is 35.7 Å². The van der Waals surface area contributed by atoms with Gasteiger partial charge in [0.25, 0.3) is 5.91 Å². The van der Waals surface area contributed by atoms with Crippen LogP contribution in [0.4, 0.5) is 0 Å². The van der Waals surface area contributed by atoms with Crippen molar-refractivity contribution in [3.8, 4) is 22.7 Å². The zero-order chi connectivity index (χ0) is 27.7. The van der Waals surface area contributed by atoms with Crippen LogP contribution < -0.4 is 5.73 Å². The molecule has 1 saturated heterocycles. The number of rotatable bonds is 7. The van der Waals surface area contributed by atoms with Gasteiger partial charge in [-0.15, -0.1) is 21.5 Å². The Morgan fingerprint density at radius 3 is 2.73 bits per heavy atom. The first kappa shape index (κ1) is 26.0. The Hall–Kier alpha value is -4.28. The van der Waals surface area contributed by atoms with Crippen LogP contribution in [0.1, 0.15) is 58.3 Å². The van der Waals surface area contributed by atoms with Crippen LogP contribution in [0.3, 0.4) is 0 Å². The van der Waals surface area contributed by atoms with Gasteiger partial charge in [0.15, 0.2) is 0 Å². The first-order chi connectivity index (χ1) is 19.4. The molecule has 1 fully saturated rings. The van der Waals surface area contributed by atoms with Crippen molar-refractivity contribution in [1.29, 1.82) is 0 Å². The molecule has 0 radical (unpaired) electrons. The molecule has 1 aliphatic rings. The largest absolute Gasteiger partial charge is 0.419 e. The standard InChI is InChI=1S/C30H29N7O2S/c1-19-18-40-27(34-19)25-9-6-12-37(25)28(38)23-14-21(24-17-32-10-11-33-24)13-22(15-23)26-35-36-29(39-26)30(2,31)16-20-7-4-3-5-8-20/h3-5,7-8,10-11,13-15,17-18,25H,6,9,12,16,31H2,1-2H3/t25-,30+/m1/s1. The number of carbonyl (C=O) groups excluding carboxylic acids is 1. The summed E-state index contributed by atoms with van der Waals surface area (Å²) in [5, 5.41) is 11.6. The zero-order valence-electron chi connectivity index (χ0n) is 22.3. The van der Waals surface area contributed by atoms with Crippen molar-refractivity contribution in [2.45, 2.75) is 44.7 Å². The second kappa shape index (κ2) is 10.7. The van der Waals surface area contributed by atoms with Crippen LogP contribution in [0.25, 0.3) is 22.7 Å². The van der Waals surface area contributed by atoms with E-state index in [1.165, 1.54) is 0 Å². The fourth-order valence-electron chi connectivity index (χ4n) is 5.09. The Balaban J connectivity index is 1.36. The molecule has 3 aromatic heterocycles. The number of hydrogen-bond donors (Lipinski definition) is 1. The van der Waals surface area contributed by atoms with Crippen molar-refractivity contribution in [3.63, 3.8) is 0 Å². The summed E-state index contributed by atoms with van der Waals surface area (Å²) < 4.78 is 6.13. The number of likely N-dealkylation sites (tertiary alicyclic amines) is 1. The molecule has 6 rings (SSSR count). The highest BCUT2D eigenvalue weighted by Gasteiger charge is 2.33. The minimum absolute atomic E-state index is 0.0410. The number of aryl methyl sites for hydroxylation is 1. The Kier molecular flexibility index (Phi) is 6.95. The lowest BCUT2D eigenvalue weighted by atomic mass is 9.94. The van der Waals surface area contributed by atoms with Crippen molar-refractivity contribution >= 4 is 17.2 Å². The number of nitrogens with two attached hydrogens (primary N) is 1. The molecule has 2 aromatic carbocycles. The third kappa shape index (κ3) is 5.28. The molecule has 202 valence electrons. The van der Waals surface area contributed by atoms with Crippen molar-refractivity contribution in [3.05, 3.63) is 100 Å². The second-order valence-corrected chi connectivity index (χ2v) is 11.3. The Morgan fingerprint density at radius 1 is 1.15 bits per heavy atom. The van der Waals surface area contributed by atoms with E-state index in [2.05, 4.69) is 25.1 Å². The average molecular weight is 552 g/mol. The van der Waals surface area contributed by atoms with Crippen molar-refractivity contribution < 1.29 is 9.21 Å². The molecule has 2 N–H and O–H groups in total. The van der Waals surface area contributed by atoms with Crippen LogP contribution in [0, 0.1) is 6.92 Å². The summed E-state index contributed by atoms with van der Waals surface area (Å²) in [6, 6.07) is 15.4. The lowest BCUT2D eigenvalue weighted by Crippen LogP contribution is -2.35. The third-order valence-corrected chi connectivity index (χ3v) is 8.11. The SMILES string of the molecule is Cc1csc([C@H]2CCCN2C(=O)c2cc(-c3cnccn3)cc(-c3nnc([C@@](C)(N)Cc4ccccc4)o3)c2)n1. The number of amides is 1. The predicted octanol–water partition coefficient (Wildman–Crippen LogP) is 5.35. The van der Waals surface area contributed by atoms with Crippen LogP contribution in [-0.4, -0.2) is 42.5 Å². The Morgan fingerprint density at radius 2 is 1.98 bits per heavy atom. The summed E-state index contributed by atoms with van der Waals surface area (Å²) in [5.74, 6) is 0.533. The summed E-state index contributed by atoms with van der Waals surface area (Å²) >= 11 is 1.60. The first-order valence-corrected chi connectivity index (χ1v) is 14.1. The highest BCUT2D eigenvalue weighted by molar-refractivity contribution is 7.09. The second-order valence-electron chi connectivity index (χ2n) is 10.4. The molecular formula is C30H29N7O2S. The minimum atomic E-state index is -0.873. The molecule has 5 aromatic rings. The first-order valence-electron chi connectivity index (χ1n) is 13.2. The van der Waals surface area contributed by atoms with E-state index in [4.69, 9.17) is 10.2 Å². The van der Waals surface area contributed by atoms with Gasteiger partial charge in [0, 0.05) is 46.7 Å². The third-order valence-electron chi connectivity index (χ3n) is 7.05. The molecule has 0 saturated carbocycles. The molecule has 0 aliphatic carbocycles. The fraction of sp³-hybridized carbons (Fsp3) is 0.267. The molecule has 0 spiro atoms. The van der Waals surface area contributed by atoms with E-state index in [-0.39, 0.29) is 17.8 Å². The summed E-state index contributed by atoms with van der Waals surface area (Å²) in [5.41, 5.74) is 10.3. The van der Waals surface area contributed by atoms with Gasteiger partial charge >= 0.3 is 0 Å². The van der Waals surface area contributed by atoms with Crippen LogP contribution >= 0.6 is 11.3 Å². The number of hydrogen-bond acceptors (Lipinski definition) is 9. The Bertz CT molecular complexity index is 1630. The lowest BCUT2D eigenvalue weighted by molar-refractivity contribution is 0.0735. The van der Waals surface area contributed by atoms with Gasteiger partial charge in [-0.25, -0.2) is 4.98 Å². The highest BCUT2D eigenvalue weighted by Crippen LogP contribution is 2.36. The topological polar surface area (TPSA) is 124 Å². The van der Waals surface area contributed by atoms with Gasteiger partial charge in [0.1, 0.15) is 5.01 Å². The van der Waals surface area contributed by atoms with Crippen LogP contribution in [0.5, 0.6) is 0 Å². The number of aromatic nitrogens is 5. The summed E-state index contributed by atoms with van der Waals surface area (Å²) in [7, 11) is 0. The van der Waals surface area contributed by atoms with Crippen molar-refractivity contribution in [2.75, 3.05) is 6.54 Å². The maximum Gasteiger partial charge on any atom is 0.254 e. The number of thiazole rings is 1. The van der Waals surface area contributed by atoms with Crippen LogP contribution in [0.2, 0.25) is 0 Å². The van der Waals surface area contributed by atoms with E-state index in [1.807, 2.05) is 66.6 Å². The zero-order valence-corrected chi connectivity index (χ0v) is 23.1. The summed E-state index contributed by atoms with van der Waals surface area (Å²) in [4.78, 5) is 29.2. The molecule has 0 unspecified atom stereocenters. The van der Waals surface area contributed by atoms with E-state index < -0.39 is 5.54 Å². The van der Waals surface area contributed by atoms with Crippen molar-refractivity contribution in [1.82, 2.24) is 30.0 Å². The van der Waals surface area contributed by atoms with Crippen LogP contribution in [-0.2, 0) is 12.0 Å². The van der Waals surface area contributed by atoms with E-state index in [0.717, 1.165) is 34.7 Å². The minimum Gasteiger partial charge on any atom is -0.419 e. The number of nitrogens with zero attached hydrogens (tertiary/aromatic N) is 6. The van der Waals surface area contributed by atoms with Gasteiger partial charge in [-0.05, 0) is 56.9 Å². The van der Waals surface area contributed by atoms with Gasteiger partial charge in [-0.1, -0.05) is 30.3 Å². The molecule has 9 nitrogen and oxygen atoms in total. The molecule has 2 atom stereocenters. The van der Waals surface area contributed by atoms with Gasteiger partial charge in [-0.2, -0.15) is 0 Å². The molecule has 1 aliphatic heterocycles. The monoisotopic (exact) mass is 551 g/mol. The molecule has 40 heavy (non-hydrogen) atoms. The molecule has 1 amide bonds. The quantitative estimate of drug-likeness (QED) is 0.287. The van der Waals surface area contributed by atoms with E-state index in [1.54, 1.807) is 36.0 Å². The summed E-state index contributed by atoms with van der Waals surface area (Å²) in [6.45, 7) is 4.52. The van der Waals surface area contributed by atoms with Crippen LogP contribution in [0.15, 0.2) is 76.9 Å². The van der Waals surface area contributed by atoms with Crippen molar-refractivity contribution in [2.24, 2.45) is 5.73 Å². The number of benzene rings is 2. The smallest absolute Gasteiger partial charge is 0.254 e. The van der Waals surface area contributed by atoms with E-state index >= 15 is 0 Å². The normalized spacial score (nSPS) is 16.7. The van der Waals surface area contributed by atoms with Gasteiger partial charge in [0.05, 0.1) is 23.5 Å². The molecule has 0 bridgehead atoms. The number of carbonyl (C=O) groups is 1. The van der Waals surface area contributed by atoms with E-state index in [9.17, 15) is 4.79 Å². The lowest BCUT2D eigenvalue weighted by Gasteiger charge is -2.23. The molecular weight excluding hydrogens is 522 g/mol. The van der Waals surface area contributed by atoms with Gasteiger partial charge < -0.3 is 15.1 Å². The predicted molar refractivity (Wildman–Crippen MR) is 152 cm³/mol. The maximum absolute atomic E-state index is 14.0. The molecule has 10 heteroatoms. The summed E-state index contributed by atoms with van der Waals surface area (Å²) in [6.07, 6.45) is 7.25. The van der Waals surface area contributed by atoms with Gasteiger partial charge in [-0.3, -0.25) is 14.8 Å². The Labute approximate surface area is 236 Å². The average Bonchev–Trinajstić information content (AvgIpc) is 3.74. The highest BCUT2D eigenvalue weighted by atomic mass is 32.1. The molecule has 4 heterocycles. The van der Waals surface area contributed by atoms with Gasteiger partial charge in [0.2, 0.25) is 11.8 Å². The maximum atomic E-state index is 14.0.